The Morgan fingerprint density at radius 2 is 1.97 bits per heavy atom. The summed E-state index contributed by atoms with van der Waals surface area (Å²) in [4.78, 5) is 28.9. The number of nitriles is 1. The number of benzene rings is 2. The van der Waals surface area contributed by atoms with Gasteiger partial charge < -0.3 is 14.5 Å². The molecule has 1 N–H and O–H groups in total. The van der Waals surface area contributed by atoms with Crippen molar-refractivity contribution in [1.29, 1.82) is 10.7 Å². The Morgan fingerprint density at radius 3 is 2.64 bits per heavy atom. The second-order valence-corrected chi connectivity index (χ2v) is 12.7. The number of thiophene rings is 1. The first-order valence-electron chi connectivity index (χ1n) is 11.9. The number of hydrogen-bond acceptors (Lipinski definition) is 8. The normalized spacial score (nSPS) is 16.2. The molecule has 1 fully saturated rings. The Labute approximate surface area is 235 Å². The average molecular weight is 588 g/mol. The van der Waals surface area contributed by atoms with Crippen LogP contribution in [-0.2, 0) is 30.9 Å². The smallest absolute Gasteiger partial charge is 0.329 e. The topological polar surface area (TPSA) is 135 Å². The summed E-state index contributed by atoms with van der Waals surface area (Å²) in [5, 5.41) is 18.3. The van der Waals surface area contributed by atoms with Crippen molar-refractivity contribution in [3.8, 4) is 6.07 Å². The molecule has 0 bridgehead atoms. The van der Waals surface area contributed by atoms with Gasteiger partial charge in [-0.05, 0) is 29.1 Å². The molecule has 1 atom stereocenters. The highest BCUT2D eigenvalue weighted by molar-refractivity contribution is 7.91. The molecule has 1 amide bonds. The maximum atomic E-state index is 13.5. The van der Waals surface area contributed by atoms with Gasteiger partial charge in [-0.1, -0.05) is 41.9 Å². The molecular weight excluding hydrogens is 562 g/mol. The second-order valence-electron chi connectivity index (χ2n) is 8.98. The van der Waals surface area contributed by atoms with Crippen molar-refractivity contribution in [2.24, 2.45) is 0 Å². The summed E-state index contributed by atoms with van der Waals surface area (Å²) in [6.45, 7) is -0.181. The Bertz CT molecular complexity index is 1570. The molecule has 0 unspecified atom stereocenters. The molecule has 1 saturated heterocycles. The summed E-state index contributed by atoms with van der Waals surface area (Å²) in [6, 6.07) is 14.5. The van der Waals surface area contributed by atoms with Gasteiger partial charge in [-0.2, -0.15) is 9.57 Å². The fraction of sp³-hybridized carbons (Fsp3) is 0.308. The molecule has 2 aromatic carbocycles. The minimum absolute atomic E-state index is 0.0578. The van der Waals surface area contributed by atoms with Gasteiger partial charge in [-0.3, -0.25) is 10.2 Å². The highest BCUT2D eigenvalue weighted by atomic mass is 35.5. The Hall–Kier alpha value is -3.50. The number of amides is 1. The molecule has 10 nitrogen and oxygen atoms in total. The van der Waals surface area contributed by atoms with Crippen LogP contribution >= 0.6 is 22.9 Å². The van der Waals surface area contributed by atoms with Gasteiger partial charge in [0.1, 0.15) is 16.1 Å². The first-order chi connectivity index (χ1) is 18.5. The molecule has 1 aliphatic heterocycles. The minimum atomic E-state index is -4.07. The Morgan fingerprint density at radius 1 is 1.26 bits per heavy atom. The monoisotopic (exact) mass is 587 g/mol. The fourth-order valence-corrected chi connectivity index (χ4v) is 7.47. The lowest BCUT2D eigenvalue weighted by Gasteiger charge is -2.38. The number of nitrogens with one attached hydrogen (secondary N) is 1. The number of fused-ring (bicyclic) bond motifs is 1. The largest absolute Gasteiger partial charge is 0.467 e. The van der Waals surface area contributed by atoms with Crippen molar-refractivity contribution in [2.45, 2.75) is 23.2 Å². The van der Waals surface area contributed by atoms with Crippen LogP contribution in [0.4, 0.5) is 0 Å². The fourth-order valence-electron chi connectivity index (χ4n) is 4.24. The number of esters is 1. The molecule has 4 rings (SSSR count). The maximum Gasteiger partial charge on any atom is 0.329 e. The van der Waals surface area contributed by atoms with E-state index in [9.17, 15) is 18.0 Å². The summed E-state index contributed by atoms with van der Waals surface area (Å²) in [7, 11) is -1.14. The molecule has 0 saturated carbocycles. The number of carbonyl (C=O) groups excluding carboxylic acids is 2. The summed E-state index contributed by atoms with van der Waals surface area (Å²) in [5.41, 5.74) is 1.33. The van der Waals surface area contributed by atoms with Crippen LogP contribution in [0.3, 0.4) is 0 Å². The lowest BCUT2D eigenvalue weighted by Crippen LogP contribution is -2.60. The molecule has 1 aliphatic rings. The van der Waals surface area contributed by atoms with Gasteiger partial charge in [0, 0.05) is 42.0 Å². The number of ether oxygens (including phenoxy) is 1. The number of halogens is 1. The van der Waals surface area contributed by atoms with E-state index in [4.69, 9.17) is 27.0 Å². The van der Waals surface area contributed by atoms with E-state index in [0.29, 0.717) is 39.2 Å². The molecule has 0 radical (unpaired) electrons. The van der Waals surface area contributed by atoms with Crippen LogP contribution in [0.15, 0.2) is 52.7 Å². The number of piperazine rings is 1. The lowest BCUT2D eigenvalue weighted by atomic mass is 10.1. The van der Waals surface area contributed by atoms with Crippen LogP contribution < -0.4 is 0 Å². The molecule has 13 heteroatoms. The zero-order valence-corrected chi connectivity index (χ0v) is 23.6. The molecule has 39 heavy (non-hydrogen) atoms. The number of methoxy groups -OCH3 is 1. The first kappa shape index (κ1) is 28.5. The highest BCUT2D eigenvalue weighted by Gasteiger charge is 2.42. The highest BCUT2D eigenvalue weighted by Crippen LogP contribution is 2.33. The van der Waals surface area contributed by atoms with Crippen molar-refractivity contribution in [2.75, 3.05) is 33.8 Å². The zero-order chi connectivity index (χ0) is 28.3. The van der Waals surface area contributed by atoms with E-state index >= 15 is 0 Å². The standard InChI is InChI=1S/C26H26ClN5O5S2/c1-30(11-3-10-28)25(29)18-6-4-17(5-7-18)14-32-21(26(34)37-2)15-31(16-23(32)33)39(35,36)24-12-19-8-9-20(27)13-22(19)38-24/h4-9,12-13,21,29H,3,11,14-16H2,1-2H3/t21-/m1/s1. The lowest BCUT2D eigenvalue weighted by molar-refractivity contribution is -0.157. The van der Waals surface area contributed by atoms with Gasteiger partial charge in [0.05, 0.1) is 26.1 Å². The van der Waals surface area contributed by atoms with Crippen LogP contribution in [0, 0.1) is 16.7 Å². The number of hydrogen-bond donors (Lipinski definition) is 1. The summed E-state index contributed by atoms with van der Waals surface area (Å²) >= 11 is 7.09. The number of carbonyl (C=O) groups is 2. The number of amidine groups is 1. The van der Waals surface area contributed by atoms with Crippen LogP contribution in [0.2, 0.25) is 5.02 Å². The third-order valence-electron chi connectivity index (χ3n) is 6.43. The molecule has 1 aromatic heterocycles. The predicted molar refractivity (Wildman–Crippen MR) is 148 cm³/mol. The summed E-state index contributed by atoms with van der Waals surface area (Å²) in [5.74, 6) is -0.996. The second kappa shape index (κ2) is 11.7. The van der Waals surface area contributed by atoms with E-state index < -0.39 is 34.5 Å². The van der Waals surface area contributed by atoms with Crippen molar-refractivity contribution >= 4 is 60.8 Å². The van der Waals surface area contributed by atoms with Crippen molar-refractivity contribution < 1.29 is 22.7 Å². The number of sulfonamides is 1. The van der Waals surface area contributed by atoms with Crippen molar-refractivity contribution in [3.63, 3.8) is 0 Å². The van der Waals surface area contributed by atoms with Gasteiger partial charge in [0.15, 0.2) is 0 Å². The van der Waals surface area contributed by atoms with Crippen LogP contribution in [0.25, 0.3) is 10.1 Å². The Kier molecular flexibility index (Phi) is 8.56. The molecule has 2 heterocycles. The van der Waals surface area contributed by atoms with E-state index in [-0.39, 0.29) is 23.1 Å². The number of rotatable bonds is 8. The van der Waals surface area contributed by atoms with E-state index in [2.05, 4.69) is 6.07 Å². The third-order valence-corrected chi connectivity index (χ3v) is 10.0. The van der Waals surface area contributed by atoms with Gasteiger partial charge in [-0.25, -0.2) is 13.2 Å². The SMILES string of the molecule is COC(=O)[C@H]1CN(S(=O)(=O)c2cc3ccc(Cl)cc3s2)CC(=O)N1Cc1ccc(C(=N)N(C)CCC#N)cc1. The quantitative estimate of drug-likeness (QED) is 0.243. The minimum Gasteiger partial charge on any atom is -0.467 e. The zero-order valence-electron chi connectivity index (χ0n) is 21.3. The maximum absolute atomic E-state index is 13.5. The summed E-state index contributed by atoms with van der Waals surface area (Å²) < 4.78 is 33.6. The average Bonchev–Trinajstić information content (AvgIpc) is 3.36. The van der Waals surface area contributed by atoms with Crippen LogP contribution in [-0.4, -0.2) is 80.1 Å². The first-order valence-corrected chi connectivity index (χ1v) is 14.5. The number of nitrogens with zero attached hydrogens (tertiary/aromatic N) is 4. The molecule has 3 aromatic rings. The van der Waals surface area contributed by atoms with Gasteiger partial charge in [0.25, 0.3) is 10.0 Å². The molecule has 0 spiro atoms. The van der Waals surface area contributed by atoms with E-state index in [1.54, 1.807) is 54.4 Å². The molecule has 204 valence electrons. The van der Waals surface area contributed by atoms with E-state index in [0.717, 1.165) is 15.6 Å². The summed E-state index contributed by atoms with van der Waals surface area (Å²) in [6.07, 6.45) is 0.299. The van der Waals surface area contributed by atoms with Gasteiger partial charge >= 0.3 is 5.97 Å². The Balaban J connectivity index is 1.53. The van der Waals surface area contributed by atoms with E-state index in [1.165, 1.54) is 18.1 Å². The van der Waals surface area contributed by atoms with Gasteiger partial charge in [-0.15, -0.1) is 11.3 Å². The van der Waals surface area contributed by atoms with E-state index in [1.807, 2.05) is 0 Å². The molecular formula is C26H26ClN5O5S2. The molecule has 0 aliphatic carbocycles. The van der Waals surface area contributed by atoms with Crippen LogP contribution in [0.5, 0.6) is 0 Å². The van der Waals surface area contributed by atoms with Crippen LogP contribution in [0.1, 0.15) is 17.5 Å². The van der Waals surface area contributed by atoms with Crippen molar-refractivity contribution in [3.05, 3.63) is 64.7 Å². The predicted octanol–water partition coefficient (Wildman–Crippen LogP) is 3.30. The third kappa shape index (κ3) is 6.07. The van der Waals surface area contributed by atoms with Gasteiger partial charge in [0.2, 0.25) is 5.91 Å². The van der Waals surface area contributed by atoms with Crippen molar-refractivity contribution in [1.82, 2.24) is 14.1 Å².